The zero-order chi connectivity index (χ0) is 16.8. The Bertz CT molecular complexity index is 727. The van der Waals surface area contributed by atoms with Crippen LogP contribution in [0.25, 0.3) is 0 Å². The topological polar surface area (TPSA) is 58.2 Å². The second-order valence-electron chi connectivity index (χ2n) is 4.87. The fourth-order valence-electron chi connectivity index (χ4n) is 1.86. The van der Waals surface area contributed by atoms with Crippen molar-refractivity contribution in [1.29, 1.82) is 0 Å². The predicted molar refractivity (Wildman–Crippen MR) is 99.1 cm³/mol. The second kappa shape index (κ2) is 7.99. The van der Waals surface area contributed by atoms with Gasteiger partial charge in [-0.15, -0.1) is 0 Å². The van der Waals surface area contributed by atoms with E-state index in [0.29, 0.717) is 16.2 Å². The smallest absolute Gasteiger partial charge is 0.181 e. The number of anilines is 1. The van der Waals surface area contributed by atoms with Gasteiger partial charge in [0.1, 0.15) is 0 Å². The summed E-state index contributed by atoms with van der Waals surface area (Å²) in [6.45, 7) is 1.63. The first-order valence-corrected chi connectivity index (χ1v) is 8.10. The van der Waals surface area contributed by atoms with Gasteiger partial charge < -0.3 is 10.6 Å². The maximum atomic E-state index is 12.0. The molecule has 0 saturated carbocycles. The lowest BCUT2D eigenvalue weighted by Gasteiger charge is -2.10. The summed E-state index contributed by atoms with van der Waals surface area (Å²) in [7, 11) is 0. The molecule has 0 bridgehead atoms. The lowest BCUT2D eigenvalue weighted by Crippen LogP contribution is -2.33. The Morgan fingerprint density at radius 2 is 1.57 bits per heavy atom. The Morgan fingerprint density at radius 1 is 1.00 bits per heavy atom. The molecule has 118 valence electrons. The van der Waals surface area contributed by atoms with Crippen LogP contribution in [-0.2, 0) is 0 Å². The Balaban J connectivity index is 1.86. The van der Waals surface area contributed by atoms with Crippen molar-refractivity contribution in [3.8, 4) is 0 Å². The van der Waals surface area contributed by atoms with E-state index >= 15 is 0 Å². The molecule has 0 heterocycles. The molecule has 2 aromatic rings. The largest absolute Gasteiger partial charge is 0.355 e. The van der Waals surface area contributed by atoms with Gasteiger partial charge in [-0.3, -0.25) is 9.59 Å². The molecular formula is C17H15BrN2O2S. The van der Waals surface area contributed by atoms with Crippen LogP contribution in [-0.4, -0.2) is 23.2 Å². The highest BCUT2D eigenvalue weighted by molar-refractivity contribution is 9.10. The van der Waals surface area contributed by atoms with Crippen LogP contribution >= 0.6 is 28.1 Å². The molecule has 4 nitrogen and oxygen atoms in total. The van der Waals surface area contributed by atoms with E-state index in [1.54, 1.807) is 36.4 Å². The summed E-state index contributed by atoms with van der Waals surface area (Å²) < 4.78 is 0.924. The van der Waals surface area contributed by atoms with Gasteiger partial charge in [-0.25, -0.2) is 0 Å². The highest BCUT2D eigenvalue weighted by Gasteiger charge is 2.07. The molecule has 0 amide bonds. The van der Waals surface area contributed by atoms with E-state index in [2.05, 4.69) is 26.6 Å². The molecule has 0 aliphatic carbocycles. The average molecular weight is 391 g/mol. The first-order chi connectivity index (χ1) is 11.0. The third-order valence-corrected chi connectivity index (χ3v) is 3.90. The lowest BCUT2D eigenvalue weighted by atomic mass is 10.1. The number of Topliss-reactive ketones (excluding diaryl/α,β-unsaturated/α-hetero) is 2. The normalized spacial score (nSPS) is 10.0. The molecule has 0 unspecified atom stereocenters. The molecule has 2 rings (SSSR count). The number of benzene rings is 2. The summed E-state index contributed by atoms with van der Waals surface area (Å²) in [4.78, 5) is 23.2. The van der Waals surface area contributed by atoms with Crippen LogP contribution in [0.1, 0.15) is 27.6 Å². The minimum Gasteiger partial charge on any atom is -0.355 e. The number of thiocarbonyl (C=S) groups is 1. The number of carbonyl (C=O) groups excluding carboxylic acids is 2. The fourth-order valence-corrected chi connectivity index (χ4v) is 2.32. The fraction of sp³-hybridized carbons (Fsp3) is 0.118. The van der Waals surface area contributed by atoms with Gasteiger partial charge in [0.15, 0.2) is 16.7 Å². The average Bonchev–Trinajstić information content (AvgIpc) is 2.54. The van der Waals surface area contributed by atoms with Crippen molar-refractivity contribution in [3.63, 3.8) is 0 Å². The van der Waals surface area contributed by atoms with Crippen molar-refractivity contribution in [2.45, 2.75) is 6.92 Å². The van der Waals surface area contributed by atoms with E-state index in [0.717, 1.165) is 10.2 Å². The molecule has 2 N–H and O–H groups in total. The summed E-state index contributed by atoms with van der Waals surface area (Å²) >= 11 is 8.49. The molecule has 0 radical (unpaired) electrons. The number of carbonyl (C=O) groups is 2. The SMILES string of the molecule is CC(=O)c1ccc(NC(=S)NCC(=O)c2ccc(Br)cc2)cc1. The molecule has 0 aromatic heterocycles. The monoisotopic (exact) mass is 390 g/mol. The molecule has 0 fully saturated rings. The van der Waals surface area contributed by atoms with Gasteiger partial charge in [-0.2, -0.15) is 0 Å². The van der Waals surface area contributed by atoms with Crippen molar-refractivity contribution < 1.29 is 9.59 Å². The minimum absolute atomic E-state index is 0.0114. The molecule has 0 saturated heterocycles. The van der Waals surface area contributed by atoms with Crippen LogP contribution in [0.15, 0.2) is 53.0 Å². The van der Waals surface area contributed by atoms with Crippen molar-refractivity contribution in [2.24, 2.45) is 0 Å². The Hall–Kier alpha value is -2.05. The molecule has 0 atom stereocenters. The quantitative estimate of drug-likeness (QED) is 0.600. The molecule has 2 aromatic carbocycles. The van der Waals surface area contributed by atoms with E-state index in [1.165, 1.54) is 6.92 Å². The standard InChI is InChI=1S/C17H15BrN2O2S/c1-11(21)12-4-8-15(9-5-12)20-17(23)19-10-16(22)13-2-6-14(18)7-3-13/h2-9H,10H2,1H3,(H2,19,20,23). The first-order valence-electron chi connectivity index (χ1n) is 6.90. The number of ketones is 2. The zero-order valence-electron chi connectivity index (χ0n) is 12.4. The van der Waals surface area contributed by atoms with Crippen LogP contribution in [0, 0.1) is 0 Å². The van der Waals surface area contributed by atoms with Gasteiger partial charge in [0.05, 0.1) is 6.54 Å². The Labute approximate surface area is 148 Å². The van der Waals surface area contributed by atoms with Gasteiger partial charge in [0, 0.05) is 21.3 Å². The maximum absolute atomic E-state index is 12.0. The van der Waals surface area contributed by atoms with Crippen molar-refractivity contribution >= 4 is 50.5 Å². The number of hydrogen-bond donors (Lipinski definition) is 2. The summed E-state index contributed by atoms with van der Waals surface area (Å²) in [5.41, 5.74) is 2.01. The molecular weight excluding hydrogens is 376 g/mol. The summed E-state index contributed by atoms with van der Waals surface area (Å²) in [6, 6.07) is 14.1. The van der Waals surface area contributed by atoms with Crippen molar-refractivity contribution in [3.05, 3.63) is 64.1 Å². The van der Waals surface area contributed by atoms with Gasteiger partial charge in [-0.05, 0) is 55.5 Å². The highest BCUT2D eigenvalue weighted by atomic mass is 79.9. The highest BCUT2D eigenvalue weighted by Crippen LogP contribution is 2.11. The molecule has 23 heavy (non-hydrogen) atoms. The van der Waals surface area contributed by atoms with E-state index < -0.39 is 0 Å². The summed E-state index contributed by atoms with van der Waals surface area (Å²) in [6.07, 6.45) is 0. The Morgan fingerprint density at radius 3 is 2.13 bits per heavy atom. The summed E-state index contributed by atoms with van der Waals surface area (Å²) in [5.74, 6) is -0.0362. The third-order valence-electron chi connectivity index (χ3n) is 3.12. The van der Waals surface area contributed by atoms with Gasteiger partial charge in [0.2, 0.25) is 0 Å². The van der Waals surface area contributed by atoms with E-state index in [9.17, 15) is 9.59 Å². The maximum Gasteiger partial charge on any atom is 0.181 e. The van der Waals surface area contributed by atoms with Gasteiger partial charge in [-0.1, -0.05) is 28.1 Å². The van der Waals surface area contributed by atoms with E-state index in [-0.39, 0.29) is 18.1 Å². The van der Waals surface area contributed by atoms with Crippen LogP contribution in [0.3, 0.4) is 0 Å². The Kier molecular flexibility index (Phi) is 6.01. The first kappa shape index (κ1) is 17.3. The number of rotatable bonds is 5. The van der Waals surface area contributed by atoms with Crippen LogP contribution in [0.2, 0.25) is 0 Å². The summed E-state index contributed by atoms with van der Waals surface area (Å²) in [5, 5.41) is 6.20. The van der Waals surface area contributed by atoms with Crippen LogP contribution in [0.4, 0.5) is 5.69 Å². The van der Waals surface area contributed by atoms with Gasteiger partial charge >= 0.3 is 0 Å². The number of nitrogens with one attached hydrogen (secondary N) is 2. The third kappa shape index (κ3) is 5.26. The molecule has 0 aliphatic rings. The van der Waals surface area contributed by atoms with Crippen LogP contribution in [0.5, 0.6) is 0 Å². The number of hydrogen-bond acceptors (Lipinski definition) is 3. The second-order valence-corrected chi connectivity index (χ2v) is 6.20. The molecule has 0 aliphatic heterocycles. The predicted octanol–water partition coefficient (Wildman–Crippen LogP) is 3.82. The number of halogens is 1. The zero-order valence-corrected chi connectivity index (χ0v) is 14.8. The van der Waals surface area contributed by atoms with E-state index in [4.69, 9.17) is 12.2 Å². The van der Waals surface area contributed by atoms with Crippen molar-refractivity contribution in [1.82, 2.24) is 5.32 Å². The van der Waals surface area contributed by atoms with Gasteiger partial charge in [0.25, 0.3) is 0 Å². The van der Waals surface area contributed by atoms with Crippen molar-refractivity contribution in [2.75, 3.05) is 11.9 Å². The molecule has 6 heteroatoms. The van der Waals surface area contributed by atoms with Crippen LogP contribution < -0.4 is 10.6 Å². The van der Waals surface area contributed by atoms with E-state index in [1.807, 2.05) is 12.1 Å². The molecule has 0 spiro atoms. The lowest BCUT2D eigenvalue weighted by molar-refractivity contribution is 0.0993. The minimum atomic E-state index is -0.0476.